The average molecular weight is 357 g/mol. The van der Waals surface area contributed by atoms with Crippen LogP contribution in [0, 0.1) is 5.82 Å². The van der Waals surface area contributed by atoms with Gasteiger partial charge in [-0.1, -0.05) is 11.6 Å². The van der Waals surface area contributed by atoms with Gasteiger partial charge in [-0.2, -0.15) is 11.3 Å². The van der Waals surface area contributed by atoms with E-state index in [1.54, 1.807) is 17.4 Å². The van der Waals surface area contributed by atoms with Crippen molar-refractivity contribution in [3.05, 3.63) is 50.9 Å². The number of rotatable bonds is 8. The van der Waals surface area contributed by atoms with E-state index in [4.69, 9.17) is 16.3 Å². The molecule has 3 nitrogen and oxygen atoms in total. The predicted molar refractivity (Wildman–Crippen MR) is 94.9 cm³/mol. The molecule has 0 saturated carbocycles. The highest BCUT2D eigenvalue weighted by molar-refractivity contribution is 7.07. The number of thiophene rings is 1. The van der Waals surface area contributed by atoms with Crippen molar-refractivity contribution in [1.29, 1.82) is 0 Å². The second-order valence-corrected chi connectivity index (χ2v) is 6.93. The molecule has 1 aromatic carbocycles. The van der Waals surface area contributed by atoms with Crippen molar-refractivity contribution in [2.75, 3.05) is 34.3 Å². The van der Waals surface area contributed by atoms with Gasteiger partial charge in [0.2, 0.25) is 0 Å². The summed E-state index contributed by atoms with van der Waals surface area (Å²) in [5.41, 5.74) is 2.12. The van der Waals surface area contributed by atoms with E-state index in [0.717, 1.165) is 25.2 Å². The molecule has 1 heterocycles. The van der Waals surface area contributed by atoms with Gasteiger partial charge in [-0.05, 0) is 54.2 Å². The molecule has 0 aliphatic carbocycles. The van der Waals surface area contributed by atoms with Crippen molar-refractivity contribution >= 4 is 22.9 Å². The summed E-state index contributed by atoms with van der Waals surface area (Å²) in [5.74, 6) is -0.314. The van der Waals surface area contributed by atoms with Crippen molar-refractivity contribution in [2.24, 2.45) is 0 Å². The Morgan fingerprint density at radius 1 is 1.17 bits per heavy atom. The first-order chi connectivity index (χ1) is 11.0. The second-order valence-electron chi connectivity index (χ2n) is 5.74. The first kappa shape index (κ1) is 18.2. The van der Waals surface area contributed by atoms with E-state index in [-0.39, 0.29) is 5.75 Å². The Labute approximate surface area is 146 Å². The third kappa shape index (κ3) is 5.46. The zero-order valence-corrected chi connectivity index (χ0v) is 15.3. The smallest absolute Gasteiger partial charge is 0.173 e. The highest BCUT2D eigenvalue weighted by Crippen LogP contribution is 2.29. The van der Waals surface area contributed by atoms with Gasteiger partial charge in [-0.3, -0.25) is 4.90 Å². The summed E-state index contributed by atoms with van der Waals surface area (Å²) in [6.45, 7) is 3.32. The molecule has 6 heteroatoms. The Bertz CT molecular complexity index is 596. The van der Waals surface area contributed by atoms with Gasteiger partial charge in [-0.15, -0.1) is 0 Å². The van der Waals surface area contributed by atoms with Crippen LogP contribution in [0.4, 0.5) is 4.39 Å². The molecule has 0 fully saturated rings. The van der Waals surface area contributed by atoms with Crippen LogP contribution in [0.15, 0.2) is 29.0 Å². The highest BCUT2D eigenvalue weighted by atomic mass is 35.5. The number of nitrogens with zero attached hydrogens (tertiary/aromatic N) is 2. The van der Waals surface area contributed by atoms with Gasteiger partial charge in [0.15, 0.2) is 11.6 Å². The maximum Gasteiger partial charge on any atom is 0.173 e. The number of ether oxygens (including phenoxy) is 1. The molecule has 0 saturated heterocycles. The molecule has 2 rings (SSSR count). The van der Waals surface area contributed by atoms with Gasteiger partial charge in [0.05, 0.1) is 12.1 Å². The van der Waals surface area contributed by atoms with Crippen molar-refractivity contribution in [3.63, 3.8) is 0 Å². The van der Waals surface area contributed by atoms with Gasteiger partial charge in [-0.25, -0.2) is 4.39 Å². The molecule has 2 aromatic rings. The second kappa shape index (κ2) is 8.64. The lowest BCUT2D eigenvalue weighted by Gasteiger charge is -2.24. The Balaban J connectivity index is 2.12. The van der Waals surface area contributed by atoms with E-state index >= 15 is 0 Å². The lowest BCUT2D eigenvalue weighted by molar-refractivity contribution is 0.226. The van der Waals surface area contributed by atoms with E-state index in [2.05, 4.69) is 26.6 Å². The molecule has 1 aromatic heterocycles. The minimum absolute atomic E-state index is 0.105. The first-order valence-electron chi connectivity index (χ1n) is 7.39. The van der Waals surface area contributed by atoms with Crippen molar-refractivity contribution in [1.82, 2.24) is 9.80 Å². The lowest BCUT2D eigenvalue weighted by atomic mass is 10.1. The molecule has 0 spiro atoms. The fourth-order valence-electron chi connectivity index (χ4n) is 2.35. The van der Waals surface area contributed by atoms with Gasteiger partial charge < -0.3 is 9.64 Å². The molecule has 0 atom stereocenters. The van der Waals surface area contributed by atoms with E-state index in [1.165, 1.54) is 18.7 Å². The maximum absolute atomic E-state index is 14.0. The molecule has 0 unspecified atom stereocenters. The van der Waals surface area contributed by atoms with Gasteiger partial charge >= 0.3 is 0 Å². The Hall–Kier alpha value is -1.14. The van der Waals surface area contributed by atoms with Crippen LogP contribution in [0.5, 0.6) is 5.75 Å². The molecule has 0 radical (unpaired) electrons. The normalized spacial score (nSPS) is 11.4. The Kier molecular flexibility index (Phi) is 6.84. The SMILES string of the molecule is COc1c(F)cc(CN(CCN(C)C)Cc2ccsc2)cc1Cl. The van der Waals surface area contributed by atoms with Crippen molar-refractivity contribution < 1.29 is 9.13 Å². The Morgan fingerprint density at radius 2 is 1.91 bits per heavy atom. The number of hydrogen-bond donors (Lipinski definition) is 0. The van der Waals surface area contributed by atoms with Crippen LogP contribution in [-0.4, -0.2) is 44.1 Å². The minimum Gasteiger partial charge on any atom is -0.492 e. The van der Waals surface area contributed by atoms with Gasteiger partial charge in [0.1, 0.15) is 0 Å². The zero-order valence-electron chi connectivity index (χ0n) is 13.7. The molecule has 0 bridgehead atoms. The molecule has 126 valence electrons. The molecule has 0 amide bonds. The molecule has 23 heavy (non-hydrogen) atoms. The molecule has 0 aliphatic rings. The molecular weight excluding hydrogens is 335 g/mol. The lowest BCUT2D eigenvalue weighted by Crippen LogP contribution is -2.31. The number of hydrogen-bond acceptors (Lipinski definition) is 4. The summed E-state index contributed by atoms with van der Waals surface area (Å²) in [6.07, 6.45) is 0. The average Bonchev–Trinajstić information content (AvgIpc) is 2.97. The molecule has 0 N–H and O–H groups in total. The van der Waals surface area contributed by atoms with Crippen LogP contribution in [0.25, 0.3) is 0 Å². The number of likely N-dealkylation sites (N-methyl/N-ethyl adjacent to an activating group) is 1. The summed E-state index contributed by atoms with van der Waals surface area (Å²) in [7, 11) is 5.52. The largest absolute Gasteiger partial charge is 0.492 e. The first-order valence-corrected chi connectivity index (χ1v) is 8.71. The van der Waals surface area contributed by atoms with E-state index in [0.29, 0.717) is 11.6 Å². The third-order valence-corrected chi connectivity index (χ3v) is 4.53. The predicted octanol–water partition coefficient (Wildman–Crippen LogP) is 4.11. The van der Waals surface area contributed by atoms with E-state index < -0.39 is 5.82 Å². The summed E-state index contributed by atoms with van der Waals surface area (Å²) in [5, 5.41) is 4.53. The van der Waals surface area contributed by atoms with Crippen LogP contribution in [0.3, 0.4) is 0 Å². The number of halogens is 2. The van der Waals surface area contributed by atoms with Crippen LogP contribution in [0.1, 0.15) is 11.1 Å². The monoisotopic (exact) mass is 356 g/mol. The minimum atomic E-state index is -0.418. The topological polar surface area (TPSA) is 15.7 Å². The van der Waals surface area contributed by atoms with Crippen LogP contribution < -0.4 is 4.74 Å². The van der Waals surface area contributed by atoms with E-state index in [9.17, 15) is 4.39 Å². The van der Waals surface area contributed by atoms with Crippen molar-refractivity contribution in [3.8, 4) is 5.75 Å². The third-order valence-electron chi connectivity index (χ3n) is 3.52. The zero-order chi connectivity index (χ0) is 16.8. The summed E-state index contributed by atoms with van der Waals surface area (Å²) < 4.78 is 19.0. The standard InChI is InChI=1S/C17H22ClFN2OS/c1-20(2)5-6-21(10-13-4-7-23-12-13)11-14-8-15(18)17(22-3)16(19)9-14/h4,7-9,12H,5-6,10-11H2,1-3H3. The molecular formula is C17H22ClFN2OS. The molecule has 0 aliphatic heterocycles. The summed E-state index contributed by atoms with van der Waals surface area (Å²) in [4.78, 5) is 4.43. The quantitative estimate of drug-likeness (QED) is 0.707. The number of benzene rings is 1. The van der Waals surface area contributed by atoms with E-state index in [1.807, 2.05) is 14.1 Å². The van der Waals surface area contributed by atoms with Crippen LogP contribution in [0.2, 0.25) is 5.02 Å². The fourth-order valence-corrected chi connectivity index (χ4v) is 3.32. The van der Waals surface area contributed by atoms with Gasteiger partial charge in [0, 0.05) is 26.2 Å². The Morgan fingerprint density at radius 3 is 2.48 bits per heavy atom. The van der Waals surface area contributed by atoms with Crippen LogP contribution in [-0.2, 0) is 13.1 Å². The fraction of sp³-hybridized carbons (Fsp3) is 0.412. The van der Waals surface area contributed by atoms with Gasteiger partial charge in [0.25, 0.3) is 0 Å². The summed E-state index contributed by atoms with van der Waals surface area (Å²) >= 11 is 7.79. The van der Waals surface area contributed by atoms with Crippen LogP contribution >= 0.6 is 22.9 Å². The summed E-state index contributed by atoms with van der Waals surface area (Å²) in [6, 6.07) is 5.40. The highest BCUT2D eigenvalue weighted by Gasteiger charge is 2.13. The van der Waals surface area contributed by atoms with Crippen molar-refractivity contribution in [2.45, 2.75) is 13.1 Å². The maximum atomic E-state index is 14.0. The number of methoxy groups -OCH3 is 1.